The van der Waals surface area contributed by atoms with Crippen LogP contribution < -0.4 is 4.74 Å². The fourth-order valence-electron chi connectivity index (χ4n) is 1.96. The van der Waals surface area contributed by atoms with Crippen LogP contribution in [-0.4, -0.2) is 7.11 Å². The average molecular weight is 362 g/mol. The van der Waals surface area contributed by atoms with E-state index in [1.165, 1.54) is 12.1 Å². The first-order chi connectivity index (χ1) is 9.52. The third kappa shape index (κ3) is 3.30. The Morgan fingerprint density at radius 3 is 2.70 bits per heavy atom. The summed E-state index contributed by atoms with van der Waals surface area (Å²) in [6.07, 6.45) is 0.179. The third-order valence-electron chi connectivity index (χ3n) is 2.96. The number of halogens is 4. The summed E-state index contributed by atoms with van der Waals surface area (Å²) in [5, 5.41) is -0.515. The molecule has 0 saturated carbocycles. The van der Waals surface area contributed by atoms with E-state index in [1.807, 2.05) is 12.1 Å². The zero-order valence-corrected chi connectivity index (χ0v) is 13.0. The topological polar surface area (TPSA) is 9.23 Å². The molecule has 0 spiro atoms. The molecule has 1 nitrogen and oxygen atoms in total. The summed E-state index contributed by atoms with van der Waals surface area (Å²) in [4.78, 5) is 0. The molecular weight excluding hydrogens is 350 g/mol. The Labute approximate surface area is 129 Å². The van der Waals surface area contributed by atoms with Crippen LogP contribution in [0.25, 0.3) is 0 Å². The van der Waals surface area contributed by atoms with Gasteiger partial charge in [-0.2, -0.15) is 0 Å². The van der Waals surface area contributed by atoms with E-state index in [4.69, 9.17) is 16.3 Å². The smallest absolute Gasteiger partial charge is 0.162 e. The van der Waals surface area contributed by atoms with Crippen molar-refractivity contribution in [2.75, 3.05) is 7.11 Å². The van der Waals surface area contributed by atoms with Gasteiger partial charge in [-0.3, -0.25) is 0 Å². The Morgan fingerprint density at radius 1 is 1.25 bits per heavy atom. The van der Waals surface area contributed by atoms with Crippen molar-refractivity contribution < 1.29 is 13.5 Å². The van der Waals surface area contributed by atoms with Gasteiger partial charge < -0.3 is 4.74 Å². The van der Waals surface area contributed by atoms with Crippen LogP contribution in [-0.2, 0) is 6.42 Å². The van der Waals surface area contributed by atoms with Crippen LogP contribution in [0.2, 0.25) is 0 Å². The summed E-state index contributed by atoms with van der Waals surface area (Å²) in [5.74, 6) is -1.11. The zero-order valence-electron chi connectivity index (χ0n) is 10.7. The van der Waals surface area contributed by atoms with E-state index in [1.54, 1.807) is 13.2 Å². The van der Waals surface area contributed by atoms with Gasteiger partial charge in [0.25, 0.3) is 0 Å². The fourth-order valence-corrected chi connectivity index (χ4v) is 2.67. The van der Waals surface area contributed by atoms with Crippen molar-refractivity contribution in [1.82, 2.24) is 0 Å². The SMILES string of the molecule is COc1ccc(Br)cc1C(Cl)Cc1cccc(F)c1F. The number of rotatable bonds is 4. The molecule has 0 aliphatic rings. The Balaban J connectivity index is 2.30. The molecule has 0 saturated heterocycles. The zero-order chi connectivity index (χ0) is 14.7. The standard InChI is InChI=1S/C15H12BrClF2O/c1-20-14-6-5-10(16)8-11(14)12(17)7-9-3-2-4-13(18)15(9)19/h2-6,8,12H,7H2,1H3. The van der Waals surface area contributed by atoms with E-state index in [2.05, 4.69) is 15.9 Å². The molecule has 0 aliphatic heterocycles. The molecule has 0 N–H and O–H groups in total. The lowest BCUT2D eigenvalue weighted by Crippen LogP contribution is -2.02. The van der Waals surface area contributed by atoms with Crippen LogP contribution in [0.5, 0.6) is 5.75 Å². The summed E-state index contributed by atoms with van der Waals surface area (Å²) in [6.45, 7) is 0. The van der Waals surface area contributed by atoms with E-state index in [-0.39, 0.29) is 12.0 Å². The molecule has 5 heteroatoms. The second-order valence-electron chi connectivity index (χ2n) is 4.27. The van der Waals surface area contributed by atoms with E-state index in [0.29, 0.717) is 5.75 Å². The second-order valence-corrected chi connectivity index (χ2v) is 5.71. The van der Waals surface area contributed by atoms with E-state index >= 15 is 0 Å². The number of methoxy groups -OCH3 is 1. The maximum Gasteiger partial charge on any atom is 0.162 e. The molecule has 0 heterocycles. The molecule has 20 heavy (non-hydrogen) atoms. The lowest BCUT2D eigenvalue weighted by molar-refractivity contribution is 0.408. The van der Waals surface area contributed by atoms with Gasteiger partial charge in [-0.1, -0.05) is 28.1 Å². The highest BCUT2D eigenvalue weighted by atomic mass is 79.9. The van der Waals surface area contributed by atoms with Crippen molar-refractivity contribution in [3.63, 3.8) is 0 Å². The van der Waals surface area contributed by atoms with Crippen molar-refractivity contribution >= 4 is 27.5 Å². The van der Waals surface area contributed by atoms with Gasteiger partial charge in [-0.05, 0) is 36.2 Å². The van der Waals surface area contributed by atoms with Gasteiger partial charge in [-0.25, -0.2) is 8.78 Å². The van der Waals surface area contributed by atoms with E-state index < -0.39 is 17.0 Å². The Kier molecular flexibility index (Phi) is 5.00. The van der Waals surface area contributed by atoms with Crippen molar-refractivity contribution in [3.05, 3.63) is 63.6 Å². The molecule has 2 rings (SSSR count). The highest BCUT2D eigenvalue weighted by Gasteiger charge is 2.17. The number of hydrogen-bond donors (Lipinski definition) is 0. The van der Waals surface area contributed by atoms with Crippen LogP contribution in [0.1, 0.15) is 16.5 Å². The molecule has 1 atom stereocenters. The van der Waals surface area contributed by atoms with Crippen LogP contribution in [0.3, 0.4) is 0 Å². The number of ether oxygens (including phenoxy) is 1. The normalized spacial score (nSPS) is 12.2. The minimum Gasteiger partial charge on any atom is -0.496 e. The number of benzene rings is 2. The van der Waals surface area contributed by atoms with Gasteiger partial charge in [0.05, 0.1) is 12.5 Å². The lowest BCUT2D eigenvalue weighted by atomic mass is 10.0. The van der Waals surface area contributed by atoms with Crippen LogP contribution in [0.4, 0.5) is 8.78 Å². The van der Waals surface area contributed by atoms with Crippen LogP contribution >= 0.6 is 27.5 Å². The first-order valence-corrected chi connectivity index (χ1v) is 7.16. The Bertz CT molecular complexity index is 619. The van der Waals surface area contributed by atoms with Gasteiger partial charge in [0.1, 0.15) is 5.75 Å². The summed E-state index contributed by atoms with van der Waals surface area (Å²) >= 11 is 9.69. The molecule has 0 radical (unpaired) electrons. The highest BCUT2D eigenvalue weighted by Crippen LogP contribution is 2.35. The molecule has 2 aromatic rings. The molecule has 0 fully saturated rings. The molecule has 0 amide bonds. The quantitative estimate of drug-likeness (QED) is 0.675. The predicted octanol–water partition coefficient (Wildman–Crippen LogP) is 5.26. The average Bonchev–Trinajstić information content (AvgIpc) is 2.43. The van der Waals surface area contributed by atoms with Crippen molar-refractivity contribution in [2.24, 2.45) is 0 Å². The predicted molar refractivity (Wildman–Crippen MR) is 79.4 cm³/mol. The van der Waals surface area contributed by atoms with Crippen molar-refractivity contribution in [1.29, 1.82) is 0 Å². The maximum atomic E-state index is 13.7. The monoisotopic (exact) mass is 360 g/mol. The Morgan fingerprint density at radius 2 is 2.00 bits per heavy atom. The van der Waals surface area contributed by atoms with Gasteiger partial charge in [0.2, 0.25) is 0 Å². The molecule has 0 bridgehead atoms. The highest BCUT2D eigenvalue weighted by molar-refractivity contribution is 9.10. The summed E-state index contributed by atoms with van der Waals surface area (Å²) < 4.78 is 32.9. The summed E-state index contributed by atoms with van der Waals surface area (Å²) in [7, 11) is 1.54. The van der Waals surface area contributed by atoms with E-state index in [0.717, 1.165) is 16.1 Å². The van der Waals surface area contributed by atoms with Gasteiger partial charge in [0.15, 0.2) is 11.6 Å². The lowest BCUT2D eigenvalue weighted by Gasteiger charge is -2.15. The third-order valence-corrected chi connectivity index (χ3v) is 3.84. The van der Waals surface area contributed by atoms with Crippen molar-refractivity contribution in [3.8, 4) is 5.75 Å². The largest absolute Gasteiger partial charge is 0.496 e. The van der Waals surface area contributed by atoms with Crippen LogP contribution in [0.15, 0.2) is 40.9 Å². The minimum absolute atomic E-state index is 0.179. The van der Waals surface area contributed by atoms with Gasteiger partial charge >= 0.3 is 0 Å². The minimum atomic E-state index is -0.868. The van der Waals surface area contributed by atoms with E-state index in [9.17, 15) is 8.78 Å². The maximum absolute atomic E-state index is 13.7. The van der Waals surface area contributed by atoms with Gasteiger partial charge in [-0.15, -0.1) is 11.6 Å². The molecule has 0 aliphatic carbocycles. The van der Waals surface area contributed by atoms with Crippen LogP contribution in [0, 0.1) is 11.6 Å². The molecule has 1 unspecified atom stereocenters. The first kappa shape index (κ1) is 15.3. The fraction of sp³-hybridized carbons (Fsp3) is 0.200. The molecule has 2 aromatic carbocycles. The second kappa shape index (κ2) is 6.55. The van der Waals surface area contributed by atoms with Gasteiger partial charge in [0, 0.05) is 10.0 Å². The summed E-state index contributed by atoms with van der Waals surface area (Å²) in [6, 6.07) is 9.49. The number of hydrogen-bond acceptors (Lipinski definition) is 1. The number of alkyl halides is 1. The summed E-state index contributed by atoms with van der Waals surface area (Å²) in [5.41, 5.74) is 0.972. The molecular formula is C15H12BrClF2O. The molecule has 106 valence electrons. The Hall–Kier alpha value is -1.13. The first-order valence-electron chi connectivity index (χ1n) is 5.93. The van der Waals surface area contributed by atoms with Crippen molar-refractivity contribution in [2.45, 2.75) is 11.8 Å². The molecule has 0 aromatic heterocycles.